The van der Waals surface area contributed by atoms with E-state index in [4.69, 9.17) is 0 Å². The Labute approximate surface area is 113 Å². The van der Waals surface area contributed by atoms with E-state index in [1.165, 1.54) is 38.5 Å². The summed E-state index contributed by atoms with van der Waals surface area (Å²) >= 11 is 0. The molecular formula is C18H28. The molecule has 4 atom stereocenters. The molecule has 3 rings (SSSR count). The van der Waals surface area contributed by atoms with Crippen molar-refractivity contribution in [2.45, 2.75) is 59.3 Å². The van der Waals surface area contributed by atoms with Gasteiger partial charge in [0.1, 0.15) is 0 Å². The van der Waals surface area contributed by atoms with Gasteiger partial charge in [0.05, 0.1) is 0 Å². The fourth-order valence-corrected chi connectivity index (χ4v) is 5.10. The first kappa shape index (κ1) is 12.5. The zero-order chi connectivity index (χ0) is 12.7. The van der Waals surface area contributed by atoms with Gasteiger partial charge in [-0.3, -0.25) is 0 Å². The van der Waals surface area contributed by atoms with Gasteiger partial charge in [-0.25, -0.2) is 0 Å². The molecule has 0 aromatic carbocycles. The van der Waals surface area contributed by atoms with Crippen molar-refractivity contribution in [3.63, 3.8) is 0 Å². The van der Waals surface area contributed by atoms with Crippen LogP contribution in [-0.2, 0) is 0 Å². The molecule has 3 aliphatic carbocycles. The Morgan fingerprint density at radius 3 is 2.83 bits per heavy atom. The van der Waals surface area contributed by atoms with E-state index in [0.29, 0.717) is 0 Å². The number of unbranched alkanes of at least 4 members (excludes halogenated alkanes) is 1. The van der Waals surface area contributed by atoms with Gasteiger partial charge in [0.15, 0.2) is 0 Å². The molecule has 4 unspecified atom stereocenters. The summed E-state index contributed by atoms with van der Waals surface area (Å²) in [6.45, 7) is 7.22. The molecule has 0 heterocycles. The molecule has 0 amide bonds. The first-order valence-electron chi connectivity index (χ1n) is 8.13. The summed E-state index contributed by atoms with van der Waals surface area (Å²) in [4.78, 5) is 0. The van der Waals surface area contributed by atoms with Gasteiger partial charge in [-0.15, -0.1) is 0 Å². The smallest absolute Gasteiger partial charge is 0.0102 e. The molecule has 3 aliphatic rings. The predicted octanol–water partition coefficient (Wildman–Crippen LogP) is 5.36. The summed E-state index contributed by atoms with van der Waals surface area (Å²) in [5.41, 5.74) is 3.61. The Bertz CT molecular complexity index is 371. The third-order valence-electron chi connectivity index (χ3n) is 5.73. The summed E-state index contributed by atoms with van der Waals surface area (Å²) in [6, 6.07) is 0. The SMILES string of the molecule is CCCCC1CCC2C3=C(C=CC3)C(C(C)C)C12. The van der Waals surface area contributed by atoms with Crippen LogP contribution in [0.25, 0.3) is 0 Å². The molecule has 0 bridgehead atoms. The highest BCUT2D eigenvalue weighted by atomic mass is 14.5. The highest BCUT2D eigenvalue weighted by molar-refractivity contribution is 5.43. The van der Waals surface area contributed by atoms with Crippen LogP contribution in [0.3, 0.4) is 0 Å². The largest absolute Gasteiger partial charge is 0.0802 e. The summed E-state index contributed by atoms with van der Waals surface area (Å²) in [7, 11) is 0. The number of hydrogen-bond acceptors (Lipinski definition) is 0. The van der Waals surface area contributed by atoms with Crippen molar-refractivity contribution in [2.24, 2.45) is 29.6 Å². The topological polar surface area (TPSA) is 0 Å². The van der Waals surface area contributed by atoms with E-state index >= 15 is 0 Å². The second kappa shape index (κ2) is 4.87. The molecule has 18 heavy (non-hydrogen) atoms. The molecule has 0 aromatic rings. The Kier molecular flexibility index (Phi) is 3.38. The molecule has 1 saturated carbocycles. The third-order valence-corrected chi connectivity index (χ3v) is 5.73. The Morgan fingerprint density at radius 1 is 1.28 bits per heavy atom. The van der Waals surface area contributed by atoms with Gasteiger partial charge in [-0.1, -0.05) is 57.8 Å². The summed E-state index contributed by atoms with van der Waals surface area (Å²) in [5.74, 6) is 4.71. The van der Waals surface area contributed by atoms with Crippen LogP contribution in [0.4, 0.5) is 0 Å². The number of hydrogen-bond donors (Lipinski definition) is 0. The first-order chi connectivity index (χ1) is 8.74. The fraction of sp³-hybridized carbons (Fsp3) is 0.778. The highest BCUT2D eigenvalue weighted by Gasteiger charge is 2.49. The Balaban J connectivity index is 1.83. The van der Waals surface area contributed by atoms with Crippen molar-refractivity contribution >= 4 is 0 Å². The minimum absolute atomic E-state index is 0.829. The predicted molar refractivity (Wildman–Crippen MR) is 78.3 cm³/mol. The average molecular weight is 244 g/mol. The van der Waals surface area contributed by atoms with Gasteiger partial charge < -0.3 is 0 Å². The van der Waals surface area contributed by atoms with Crippen LogP contribution in [0.1, 0.15) is 59.3 Å². The standard InChI is InChI=1S/C18H28/c1-4-5-7-13-10-11-16-14-8-6-9-15(14)17(12(2)3)18(13)16/h6,9,12-13,16-18H,4-5,7-8,10-11H2,1-3H3. The molecule has 0 heteroatoms. The second-order valence-electron chi connectivity index (χ2n) is 7.02. The molecule has 0 spiro atoms. The van der Waals surface area contributed by atoms with Gasteiger partial charge in [0, 0.05) is 0 Å². The maximum Gasteiger partial charge on any atom is -0.0102 e. The molecule has 0 aromatic heterocycles. The van der Waals surface area contributed by atoms with Gasteiger partial charge in [0.25, 0.3) is 0 Å². The summed E-state index contributed by atoms with van der Waals surface area (Å²) < 4.78 is 0. The van der Waals surface area contributed by atoms with Crippen LogP contribution < -0.4 is 0 Å². The molecule has 0 radical (unpaired) electrons. The van der Waals surface area contributed by atoms with Crippen LogP contribution in [0.15, 0.2) is 23.3 Å². The lowest BCUT2D eigenvalue weighted by molar-refractivity contribution is 0.218. The van der Waals surface area contributed by atoms with Crippen LogP contribution >= 0.6 is 0 Å². The molecule has 0 aliphatic heterocycles. The zero-order valence-electron chi connectivity index (χ0n) is 12.3. The van der Waals surface area contributed by atoms with Crippen molar-refractivity contribution < 1.29 is 0 Å². The number of allylic oxidation sites excluding steroid dienone is 4. The van der Waals surface area contributed by atoms with Gasteiger partial charge >= 0.3 is 0 Å². The molecular weight excluding hydrogens is 216 g/mol. The fourth-order valence-electron chi connectivity index (χ4n) is 5.10. The first-order valence-corrected chi connectivity index (χ1v) is 8.13. The lowest BCUT2D eigenvalue weighted by Crippen LogP contribution is -2.24. The highest BCUT2D eigenvalue weighted by Crippen LogP contribution is 2.59. The van der Waals surface area contributed by atoms with Crippen molar-refractivity contribution in [2.75, 3.05) is 0 Å². The maximum absolute atomic E-state index is 2.47. The van der Waals surface area contributed by atoms with Crippen molar-refractivity contribution in [3.05, 3.63) is 23.3 Å². The Morgan fingerprint density at radius 2 is 2.11 bits per heavy atom. The average Bonchev–Trinajstić information content (AvgIpc) is 2.96. The van der Waals surface area contributed by atoms with E-state index < -0.39 is 0 Å². The Hall–Kier alpha value is -0.520. The van der Waals surface area contributed by atoms with E-state index in [9.17, 15) is 0 Å². The van der Waals surface area contributed by atoms with E-state index in [2.05, 4.69) is 32.9 Å². The van der Waals surface area contributed by atoms with Crippen LogP contribution in [0, 0.1) is 29.6 Å². The van der Waals surface area contributed by atoms with Crippen LogP contribution in [-0.4, -0.2) is 0 Å². The molecule has 100 valence electrons. The summed E-state index contributed by atoms with van der Waals surface area (Å²) in [6.07, 6.45) is 13.5. The van der Waals surface area contributed by atoms with E-state index in [-0.39, 0.29) is 0 Å². The lowest BCUT2D eigenvalue weighted by Gasteiger charge is -2.30. The van der Waals surface area contributed by atoms with Crippen molar-refractivity contribution in [1.82, 2.24) is 0 Å². The third kappa shape index (κ3) is 1.80. The van der Waals surface area contributed by atoms with Gasteiger partial charge in [-0.05, 0) is 54.4 Å². The quantitative estimate of drug-likeness (QED) is 0.624. The molecule has 1 fully saturated rings. The normalized spacial score (nSPS) is 37.8. The molecule has 0 nitrogen and oxygen atoms in total. The summed E-state index contributed by atoms with van der Waals surface area (Å²) in [5, 5.41) is 0. The maximum atomic E-state index is 2.47. The minimum atomic E-state index is 0.829. The van der Waals surface area contributed by atoms with E-state index in [1.807, 2.05) is 5.57 Å². The van der Waals surface area contributed by atoms with Gasteiger partial charge in [0.2, 0.25) is 0 Å². The number of rotatable bonds is 4. The van der Waals surface area contributed by atoms with Crippen LogP contribution in [0.2, 0.25) is 0 Å². The monoisotopic (exact) mass is 244 g/mol. The van der Waals surface area contributed by atoms with Crippen LogP contribution in [0.5, 0.6) is 0 Å². The lowest BCUT2D eigenvalue weighted by atomic mass is 9.74. The number of fused-ring (bicyclic) bond motifs is 2. The second-order valence-corrected chi connectivity index (χ2v) is 7.02. The molecule has 0 N–H and O–H groups in total. The van der Waals surface area contributed by atoms with Crippen molar-refractivity contribution in [1.29, 1.82) is 0 Å². The van der Waals surface area contributed by atoms with E-state index in [0.717, 1.165) is 29.6 Å². The zero-order valence-corrected chi connectivity index (χ0v) is 12.3. The van der Waals surface area contributed by atoms with Gasteiger partial charge in [-0.2, -0.15) is 0 Å². The van der Waals surface area contributed by atoms with E-state index in [1.54, 1.807) is 5.57 Å². The van der Waals surface area contributed by atoms with Crippen molar-refractivity contribution in [3.8, 4) is 0 Å². The molecule has 0 saturated heterocycles. The minimum Gasteiger partial charge on any atom is -0.0802 e.